The average Bonchev–Trinajstić information content (AvgIpc) is 2.13. The van der Waals surface area contributed by atoms with Gasteiger partial charge in [0.05, 0.1) is 10.6 Å². The van der Waals surface area contributed by atoms with Gasteiger partial charge in [0.15, 0.2) is 0 Å². The van der Waals surface area contributed by atoms with Crippen LogP contribution in [0.2, 0.25) is 0 Å². The van der Waals surface area contributed by atoms with E-state index >= 15 is 0 Å². The van der Waals surface area contributed by atoms with Crippen molar-refractivity contribution in [3.8, 4) is 0 Å². The Morgan fingerprint density at radius 1 is 1.43 bits per heavy atom. The normalized spacial score (nSPS) is 12.9. The van der Waals surface area contributed by atoms with E-state index in [0.717, 1.165) is 0 Å². The molecule has 1 rings (SSSR count). The third kappa shape index (κ3) is 2.75. The Bertz CT molecular complexity index is 326. The maximum Gasteiger partial charge on any atom is 0.143 e. The highest BCUT2D eigenvalue weighted by Crippen LogP contribution is 2.23. The van der Waals surface area contributed by atoms with Crippen LogP contribution in [0.3, 0.4) is 0 Å². The smallest absolute Gasteiger partial charge is 0.143 e. The van der Waals surface area contributed by atoms with Crippen molar-refractivity contribution >= 4 is 15.9 Å². The van der Waals surface area contributed by atoms with E-state index in [1.165, 1.54) is 12.1 Å². The molecule has 0 aliphatic carbocycles. The summed E-state index contributed by atoms with van der Waals surface area (Å²) in [5.41, 5.74) is 0.416. The monoisotopic (exact) mass is 264 g/mol. The number of aliphatic hydroxyl groups is 1. The van der Waals surface area contributed by atoms with Crippen molar-refractivity contribution in [1.29, 1.82) is 0 Å². The van der Waals surface area contributed by atoms with Crippen LogP contribution >= 0.6 is 15.9 Å². The van der Waals surface area contributed by atoms with Gasteiger partial charge in [-0.15, -0.1) is 0 Å². The third-order valence-corrected chi connectivity index (χ3v) is 2.67. The molecule has 0 aliphatic heterocycles. The van der Waals surface area contributed by atoms with E-state index in [1.807, 2.05) is 0 Å². The fraction of sp³-hybridized carbons (Fsp3) is 0.400. The van der Waals surface area contributed by atoms with Gasteiger partial charge in [0.25, 0.3) is 0 Å². The van der Waals surface area contributed by atoms with E-state index in [1.54, 1.807) is 6.92 Å². The summed E-state index contributed by atoms with van der Waals surface area (Å²) in [6, 6.07) is 2.61. The summed E-state index contributed by atoms with van der Waals surface area (Å²) < 4.78 is 26.0. The summed E-state index contributed by atoms with van der Waals surface area (Å²) in [4.78, 5) is 0. The molecular weight excluding hydrogens is 254 g/mol. The lowest BCUT2D eigenvalue weighted by atomic mass is 10.1. The Labute approximate surface area is 89.9 Å². The Kier molecular flexibility index (Phi) is 4.01. The first kappa shape index (κ1) is 11.6. The maximum absolute atomic E-state index is 13.3. The highest BCUT2D eigenvalue weighted by atomic mass is 79.9. The summed E-state index contributed by atoms with van der Waals surface area (Å²) >= 11 is 2.82. The third-order valence-electron chi connectivity index (χ3n) is 1.95. The molecular formula is C10H11BrF2O. The molecule has 0 saturated carbocycles. The molecule has 1 aromatic carbocycles. The minimum absolute atomic E-state index is 0.138. The SMILES string of the molecule is CC(O)CCc1ccc(F)c(Br)c1F. The molecule has 0 aromatic heterocycles. The molecule has 0 heterocycles. The van der Waals surface area contributed by atoms with Gasteiger partial charge in [-0.25, -0.2) is 8.78 Å². The van der Waals surface area contributed by atoms with Crippen molar-refractivity contribution in [1.82, 2.24) is 0 Å². The summed E-state index contributed by atoms with van der Waals surface area (Å²) in [5, 5.41) is 9.02. The topological polar surface area (TPSA) is 20.2 Å². The van der Waals surface area contributed by atoms with Gasteiger partial charge in [-0.05, 0) is 47.3 Å². The lowest BCUT2D eigenvalue weighted by molar-refractivity contribution is 0.184. The lowest BCUT2D eigenvalue weighted by Gasteiger charge is -2.06. The van der Waals surface area contributed by atoms with E-state index < -0.39 is 17.7 Å². The molecule has 14 heavy (non-hydrogen) atoms. The summed E-state index contributed by atoms with van der Waals surface area (Å²) in [6.07, 6.45) is 0.399. The Morgan fingerprint density at radius 2 is 2.07 bits per heavy atom. The van der Waals surface area contributed by atoms with E-state index in [9.17, 15) is 8.78 Å². The molecule has 1 atom stereocenters. The quantitative estimate of drug-likeness (QED) is 0.833. The molecule has 0 amide bonds. The molecule has 1 unspecified atom stereocenters. The van der Waals surface area contributed by atoms with Crippen molar-refractivity contribution in [2.45, 2.75) is 25.9 Å². The van der Waals surface area contributed by atoms with E-state index in [4.69, 9.17) is 5.11 Å². The van der Waals surface area contributed by atoms with E-state index in [-0.39, 0.29) is 4.47 Å². The standard InChI is InChI=1S/C10H11BrF2O/c1-6(14)2-3-7-4-5-8(12)9(11)10(7)13/h4-6,14H,2-3H2,1H3. The zero-order chi connectivity index (χ0) is 10.7. The number of aliphatic hydroxyl groups excluding tert-OH is 1. The number of hydrogen-bond donors (Lipinski definition) is 1. The van der Waals surface area contributed by atoms with Gasteiger partial charge in [0.1, 0.15) is 11.6 Å². The fourth-order valence-corrected chi connectivity index (χ4v) is 1.51. The van der Waals surface area contributed by atoms with Gasteiger partial charge in [0.2, 0.25) is 0 Å². The Balaban J connectivity index is 2.83. The van der Waals surface area contributed by atoms with Crippen LogP contribution in [0.1, 0.15) is 18.9 Å². The molecule has 1 aromatic rings. The van der Waals surface area contributed by atoms with Gasteiger partial charge in [-0.3, -0.25) is 0 Å². The second kappa shape index (κ2) is 4.84. The molecule has 0 spiro atoms. The molecule has 0 bridgehead atoms. The van der Waals surface area contributed by atoms with Crippen molar-refractivity contribution < 1.29 is 13.9 Å². The summed E-state index contributed by atoms with van der Waals surface area (Å²) in [6.45, 7) is 1.64. The maximum atomic E-state index is 13.3. The van der Waals surface area contributed by atoms with Crippen LogP contribution in [-0.4, -0.2) is 11.2 Å². The van der Waals surface area contributed by atoms with Gasteiger partial charge < -0.3 is 5.11 Å². The number of halogens is 3. The molecule has 78 valence electrons. The second-order valence-electron chi connectivity index (χ2n) is 3.22. The minimum atomic E-state index is -0.608. The number of hydrogen-bond acceptors (Lipinski definition) is 1. The first-order valence-electron chi connectivity index (χ1n) is 4.32. The van der Waals surface area contributed by atoms with Crippen LogP contribution in [0.5, 0.6) is 0 Å². The molecule has 1 N–H and O–H groups in total. The molecule has 0 saturated heterocycles. The average molecular weight is 265 g/mol. The largest absolute Gasteiger partial charge is 0.393 e. The van der Waals surface area contributed by atoms with Crippen molar-refractivity contribution in [2.75, 3.05) is 0 Å². The van der Waals surface area contributed by atoms with E-state index in [2.05, 4.69) is 15.9 Å². The lowest BCUT2D eigenvalue weighted by Crippen LogP contribution is -2.03. The van der Waals surface area contributed by atoms with Gasteiger partial charge in [-0.2, -0.15) is 0 Å². The zero-order valence-corrected chi connectivity index (χ0v) is 9.31. The molecule has 0 radical (unpaired) electrons. The number of rotatable bonds is 3. The highest BCUT2D eigenvalue weighted by molar-refractivity contribution is 9.10. The molecule has 4 heteroatoms. The van der Waals surface area contributed by atoms with Crippen molar-refractivity contribution in [2.24, 2.45) is 0 Å². The highest BCUT2D eigenvalue weighted by Gasteiger charge is 2.11. The van der Waals surface area contributed by atoms with Crippen LogP contribution < -0.4 is 0 Å². The zero-order valence-electron chi connectivity index (χ0n) is 7.73. The van der Waals surface area contributed by atoms with Crippen LogP contribution in [0, 0.1) is 11.6 Å². The molecule has 1 nitrogen and oxygen atoms in total. The minimum Gasteiger partial charge on any atom is -0.393 e. The van der Waals surface area contributed by atoms with E-state index in [0.29, 0.717) is 18.4 Å². The number of benzene rings is 1. The molecule has 0 fully saturated rings. The van der Waals surface area contributed by atoms with Crippen LogP contribution in [-0.2, 0) is 6.42 Å². The fourth-order valence-electron chi connectivity index (χ4n) is 1.12. The van der Waals surface area contributed by atoms with Crippen molar-refractivity contribution in [3.05, 3.63) is 33.8 Å². The predicted octanol–water partition coefficient (Wildman–Crippen LogP) is 3.04. The predicted molar refractivity (Wildman–Crippen MR) is 54.1 cm³/mol. The Morgan fingerprint density at radius 3 is 2.64 bits per heavy atom. The van der Waals surface area contributed by atoms with Gasteiger partial charge in [0, 0.05) is 0 Å². The van der Waals surface area contributed by atoms with Gasteiger partial charge >= 0.3 is 0 Å². The molecule has 0 aliphatic rings. The van der Waals surface area contributed by atoms with Crippen LogP contribution in [0.15, 0.2) is 16.6 Å². The van der Waals surface area contributed by atoms with Crippen LogP contribution in [0.4, 0.5) is 8.78 Å². The number of aryl methyl sites for hydroxylation is 1. The first-order valence-corrected chi connectivity index (χ1v) is 5.12. The second-order valence-corrected chi connectivity index (χ2v) is 4.02. The Hall–Kier alpha value is -0.480. The van der Waals surface area contributed by atoms with Crippen molar-refractivity contribution in [3.63, 3.8) is 0 Å². The van der Waals surface area contributed by atoms with Crippen LogP contribution in [0.25, 0.3) is 0 Å². The summed E-state index contributed by atoms with van der Waals surface area (Å²) in [5.74, 6) is -1.19. The van der Waals surface area contributed by atoms with Gasteiger partial charge in [-0.1, -0.05) is 6.07 Å². The summed E-state index contributed by atoms with van der Waals surface area (Å²) in [7, 11) is 0. The first-order chi connectivity index (χ1) is 6.52.